The van der Waals surface area contributed by atoms with Gasteiger partial charge in [0.1, 0.15) is 11.6 Å². The first kappa shape index (κ1) is 16.3. The Labute approximate surface area is 146 Å². The summed E-state index contributed by atoms with van der Waals surface area (Å²) in [7, 11) is 0. The molecule has 8 nitrogen and oxygen atoms in total. The quantitative estimate of drug-likeness (QED) is 0.837. The molecular formula is C17H24N6O2. The van der Waals surface area contributed by atoms with Gasteiger partial charge in [0.15, 0.2) is 11.9 Å². The molecule has 1 atom stereocenters. The maximum Gasteiger partial charge on any atom is 0.247 e. The number of carbonyl (C=O) groups excluding carboxylic acids is 1. The first-order valence-corrected chi connectivity index (χ1v) is 8.90. The van der Waals surface area contributed by atoms with Gasteiger partial charge >= 0.3 is 0 Å². The molecule has 1 fully saturated rings. The van der Waals surface area contributed by atoms with Crippen molar-refractivity contribution in [2.75, 3.05) is 19.6 Å². The van der Waals surface area contributed by atoms with Crippen LogP contribution in [0.15, 0.2) is 4.52 Å². The van der Waals surface area contributed by atoms with E-state index >= 15 is 0 Å². The summed E-state index contributed by atoms with van der Waals surface area (Å²) >= 11 is 0. The topological polar surface area (TPSA) is 80.3 Å². The highest BCUT2D eigenvalue weighted by molar-refractivity contribution is 5.83. The minimum atomic E-state index is -0.387. The van der Waals surface area contributed by atoms with Crippen molar-refractivity contribution < 1.29 is 9.32 Å². The van der Waals surface area contributed by atoms with Gasteiger partial charge in [0.25, 0.3) is 0 Å². The number of nitrogens with zero attached hydrogens (tertiary/aromatic N) is 6. The summed E-state index contributed by atoms with van der Waals surface area (Å²) in [4.78, 5) is 17.4. The van der Waals surface area contributed by atoms with Crippen molar-refractivity contribution in [3.05, 3.63) is 28.7 Å². The van der Waals surface area contributed by atoms with Crippen molar-refractivity contribution >= 4 is 5.91 Å². The number of hydrogen-bond donors (Lipinski definition) is 0. The van der Waals surface area contributed by atoms with E-state index < -0.39 is 0 Å². The van der Waals surface area contributed by atoms with Crippen LogP contribution in [-0.4, -0.2) is 55.3 Å². The van der Waals surface area contributed by atoms with Crippen LogP contribution in [0, 0.1) is 20.8 Å². The number of carbonyl (C=O) groups is 1. The summed E-state index contributed by atoms with van der Waals surface area (Å²) in [6, 6.07) is -0.387. The van der Waals surface area contributed by atoms with Gasteiger partial charge in [-0.25, -0.2) is 0 Å². The molecule has 0 radical (unpaired) electrons. The van der Waals surface area contributed by atoms with Gasteiger partial charge in [-0.1, -0.05) is 5.16 Å². The highest BCUT2D eigenvalue weighted by atomic mass is 16.5. The van der Waals surface area contributed by atoms with E-state index in [9.17, 15) is 4.79 Å². The van der Waals surface area contributed by atoms with Crippen LogP contribution in [0.2, 0.25) is 0 Å². The van der Waals surface area contributed by atoms with Gasteiger partial charge < -0.3 is 14.0 Å². The summed E-state index contributed by atoms with van der Waals surface area (Å²) < 4.78 is 7.37. The van der Waals surface area contributed by atoms with Gasteiger partial charge in [-0.15, -0.1) is 10.2 Å². The summed E-state index contributed by atoms with van der Waals surface area (Å²) in [5.74, 6) is 2.57. The second-order valence-electron chi connectivity index (χ2n) is 6.97. The third kappa shape index (κ3) is 2.74. The number of fused-ring (bicyclic) bond motifs is 1. The van der Waals surface area contributed by atoms with Crippen LogP contribution < -0.4 is 0 Å². The Hall–Kier alpha value is -2.22. The minimum Gasteiger partial charge on any atom is -0.361 e. The number of aromatic nitrogens is 4. The normalized spacial score (nSPS) is 20.9. The molecule has 134 valence electrons. The van der Waals surface area contributed by atoms with E-state index in [2.05, 4.69) is 24.8 Å². The Kier molecular flexibility index (Phi) is 4.07. The van der Waals surface area contributed by atoms with E-state index in [1.54, 1.807) is 0 Å². The van der Waals surface area contributed by atoms with E-state index in [0.717, 1.165) is 67.7 Å². The van der Waals surface area contributed by atoms with E-state index in [1.165, 1.54) is 0 Å². The monoisotopic (exact) mass is 344 g/mol. The standard InChI is InChI=1S/C17H24N6O2/c1-11-14(12(2)25-20-11)10-22-8-9-23-13(3)18-19-16(23)15(22)17(24)21-6-4-5-7-21/h15H,4-10H2,1-3H3/t15-/m1/s1. The maximum absolute atomic E-state index is 13.2. The lowest BCUT2D eigenvalue weighted by atomic mass is 10.1. The molecule has 1 amide bonds. The van der Waals surface area contributed by atoms with Crippen LogP contribution in [0.3, 0.4) is 0 Å². The SMILES string of the molecule is Cc1noc(C)c1CN1CCn2c(C)nnc2[C@@H]1C(=O)N1CCCC1. The van der Waals surface area contributed by atoms with Crippen molar-refractivity contribution in [3.8, 4) is 0 Å². The van der Waals surface area contributed by atoms with Crippen molar-refractivity contribution in [1.29, 1.82) is 0 Å². The van der Waals surface area contributed by atoms with Gasteiger partial charge in [0.2, 0.25) is 5.91 Å². The zero-order valence-electron chi connectivity index (χ0n) is 15.0. The number of likely N-dealkylation sites (tertiary alicyclic amines) is 1. The smallest absolute Gasteiger partial charge is 0.247 e. The molecule has 0 bridgehead atoms. The maximum atomic E-state index is 13.2. The van der Waals surface area contributed by atoms with E-state index in [0.29, 0.717) is 6.54 Å². The van der Waals surface area contributed by atoms with E-state index in [4.69, 9.17) is 4.52 Å². The van der Waals surface area contributed by atoms with Crippen molar-refractivity contribution in [2.24, 2.45) is 0 Å². The first-order valence-electron chi connectivity index (χ1n) is 8.90. The van der Waals surface area contributed by atoms with E-state index in [-0.39, 0.29) is 11.9 Å². The molecule has 4 heterocycles. The Bertz CT molecular complexity index is 770. The molecule has 8 heteroatoms. The largest absolute Gasteiger partial charge is 0.361 e. The first-order chi connectivity index (χ1) is 12.1. The lowest BCUT2D eigenvalue weighted by Gasteiger charge is -2.36. The molecule has 2 aliphatic heterocycles. The molecule has 0 unspecified atom stereocenters. The number of amides is 1. The zero-order valence-corrected chi connectivity index (χ0v) is 15.0. The molecule has 2 aromatic heterocycles. The minimum absolute atomic E-state index is 0.137. The second kappa shape index (κ2) is 6.25. The molecule has 25 heavy (non-hydrogen) atoms. The zero-order chi connectivity index (χ0) is 17.6. The Morgan fingerprint density at radius 2 is 1.88 bits per heavy atom. The van der Waals surface area contributed by atoms with Crippen molar-refractivity contribution in [2.45, 2.75) is 52.7 Å². The van der Waals surface area contributed by atoms with Gasteiger partial charge in [0.05, 0.1) is 5.69 Å². The molecule has 0 spiro atoms. The molecule has 0 aromatic carbocycles. The van der Waals surface area contributed by atoms with Gasteiger partial charge in [-0.05, 0) is 33.6 Å². The third-order valence-corrected chi connectivity index (χ3v) is 5.38. The lowest BCUT2D eigenvalue weighted by molar-refractivity contribution is -0.137. The predicted octanol–water partition coefficient (Wildman–Crippen LogP) is 1.37. The van der Waals surface area contributed by atoms with Crippen LogP contribution in [0.5, 0.6) is 0 Å². The van der Waals surface area contributed by atoms with E-state index in [1.807, 2.05) is 25.7 Å². The molecule has 0 aliphatic carbocycles. The summed E-state index contributed by atoms with van der Waals surface area (Å²) in [6.07, 6.45) is 2.15. The van der Waals surface area contributed by atoms with Crippen LogP contribution in [-0.2, 0) is 17.9 Å². The highest BCUT2D eigenvalue weighted by Gasteiger charge is 2.39. The fourth-order valence-electron chi connectivity index (χ4n) is 3.87. The second-order valence-corrected chi connectivity index (χ2v) is 6.97. The van der Waals surface area contributed by atoms with Gasteiger partial charge in [0, 0.05) is 38.3 Å². The average Bonchev–Trinajstić information content (AvgIpc) is 3.32. The lowest BCUT2D eigenvalue weighted by Crippen LogP contribution is -2.47. The van der Waals surface area contributed by atoms with Crippen LogP contribution in [0.4, 0.5) is 0 Å². The Morgan fingerprint density at radius 3 is 2.56 bits per heavy atom. The van der Waals surface area contributed by atoms with Crippen LogP contribution >= 0.6 is 0 Å². The summed E-state index contributed by atoms with van der Waals surface area (Å²) in [5, 5.41) is 12.6. The van der Waals surface area contributed by atoms with Crippen molar-refractivity contribution in [1.82, 2.24) is 29.7 Å². The average molecular weight is 344 g/mol. The molecule has 0 N–H and O–H groups in total. The summed E-state index contributed by atoms with van der Waals surface area (Å²) in [6.45, 7) is 9.68. The molecule has 2 aromatic rings. The fourth-order valence-corrected chi connectivity index (χ4v) is 3.87. The number of hydrogen-bond acceptors (Lipinski definition) is 6. The van der Waals surface area contributed by atoms with Crippen LogP contribution in [0.25, 0.3) is 0 Å². The molecular weight excluding hydrogens is 320 g/mol. The highest BCUT2D eigenvalue weighted by Crippen LogP contribution is 2.30. The number of rotatable bonds is 3. The predicted molar refractivity (Wildman–Crippen MR) is 89.7 cm³/mol. The molecule has 4 rings (SSSR count). The van der Waals surface area contributed by atoms with Gasteiger partial charge in [-0.2, -0.15) is 0 Å². The number of aryl methyl sites for hydroxylation is 3. The molecule has 1 saturated heterocycles. The third-order valence-electron chi connectivity index (χ3n) is 5.38. The van der Waals surface area contributed by atoms with Gasteiger partial charge in [-0.3, -0.25) is 9.69 Å². The fraction of sp³-hybridized carbons (Fsp3) is 0.647. The molecule has 2 aliphatic rings. The van der Waals surface area contributed by atoms with Crippen LogP contribution in [0.1, 0.15) is 47.5 Å². The Morgan fingerprint density at radius 1 is 1.12 bits per heavy atom. The molecule has 0 saturated carbocycles. The Balaban J connectivity index is 1.68. The summed E-state index contributed by atoms with van der Waals surface area (Å²) in [5.41, 5.74) is 1.94. The van der Waals surface area contributed by atoms with Crippen molar-refractivity contribution in [3.63, 3.8) is 0 Å².